The van der Waals surface area contributed by atoms with E-state index in [4.69, 9.17) is 4.98 Å². The summed E-state index contributed by atoms with van der Waals surface area (Å²) in [4.78, 5) is 7.21. The van der Waals surface area contributed by atoms with E-state index in [1.54, 1.807) is 0 Å². The third-order valence-corrected chi connectivity index (χ3v) is 4.66. The molecule has 0 bridgehead atoms. The Balaban J connectivity index is 1.74. The van der Waals surface area contributed by atoms with Crippen molar-refractivity contribution in [1.82, 2.24) is 10.3 Å². The van der Waals surface area contributed by atoms with Crippen LogP contribution in [0.4, 0.5) is 5.82 Å². The van der Waals surface area contributed by atoms with Crippen LogP contribution in [-0.2, 0) is 6.54 Å². The van der Waals surface area contributed by atoms with Gasteiger partial charge in [-0.1, -0.05) is 19.3 Å². The Morgan fingerprint density at radius 2 is 1.85 bits per heavy atom. The number of hydrogen-bond donors (Lipinski definition) is 1. The molecule has 0 radical (unpaired) electrons. The molecule has 0 amide bonds. The summed E-state index contributed by atoms with van der Waals surface area (Å²) in [6.45, 7) is 3.26. The van der Waals surface area contributed by atoms with Crippen molar-refractivity contribution in [2.45, 2.75) is 57.5 Å². The highest BCUT2D eigenvalue weighted by molar-refractivity contribution is 9.10. The minimum Gasteiger partial charge on any atom is -0.356 e. The van der Waals surface area contributed by atoms with Gasteiger partial charge in [-0.15, -0.1) is 0 Å². The summed E-state index contributed by atoms with van der Waals surface area (Å²) >= 11 is 3.56. The normalized spacial score (nSPS) is 20.6. The lowest BCUT2D eigenvalue weighted by Gasteiger charge is -2.28. The maximum atomic E-state index is 4.71. The van der Waals surface area contributed by atoms with Crippen LogP contribution in [0.3, 0.4) is 0 Å². The fourth-order valence-corrected chi connectivity index (χ4v) is 3.27. The number of halogens is 1. The summed E-state index contributed by atoms with van der Waals surface area (Å²) in [7, 11) is 0. The Morgan fingerprint density at radius 3 is 2.55 bits per heavy atom. The van der Waals surface area contributed by atoms with Crippen LogP contribution in [0.2, 0.25) is 0 Å². The molecule has 1 saturated heterocycles. The maximum absolute atomic E-state index is 4.71. The second-order valence-electron chi connectivity index (χ2n) is 6.05. The highest BCUT2D eigenvalue weighted by Gasteiger charge is 2.21. The van der Waals surface area contributed by atoms with Crippen molar-refractivity contribution in [3.8, 4) is 0 Å². The largest absolute Gasteiger partial charge is 0.356 e. The molecule has 0 atom stereocenters. The lowest BCUT2D eigenvalue weighted by atomic mass is 10.1. The van der Waals surface area contributed by atoms with Crippen molar-refractivity contribution < 1.29 is 0 Å². The SMILES string of the molecule is Brc1cnc(N2CCCCCCC2)c(CNC2CC2)c1. The zero-order chi connectivity index (χ0) is 13.8. The lowest BCUT2D eigenvalue weighted by Crippen LogP contribution is -2.30. The summed E-state index contributed by atoms with van der Waals surface area (Å²) < 4.78 is 1.08. The summed E-state index contributed by atoms with van der Waals surface area (Å²) in [6, 6.07) is 2.98. The first-order chi connectivity index (χ1) is 9.83. The summed E-state index contributed by atoms with van der Waals surface area (Å²) in [5.41, 5.74) is 1.34. The van der Waals surface area contributed by atoms with Gasteiger partial charge in [0, 0.05) is 41.9 Å². The molecule has 0 aromatic carbocycles. The minimum absolute atomic E-state index is 0.745. The highest BCUT2D eigenvalue weighted by atomic mass is 79.9. The Kier molecular flexibility index (Phi) is 4.94. The Hall–Kier alpha value is -0.610. The average Bonchev–Trinajstić information content (AvgIpc) is 3.21. The van der Waals surface area contributed by atoms with Crippen LogP contribution in [0.15, 0.2) is 16.7 Å². The van der Waals surface area contributed by atoms with Crippen molar-refractivity contribution in [2.75, 3.05) is 18.0 Å². The maximum Gasteiger partial charge on any atom is 0.133 e. The summed E-state index contributed by atoms with van der Waals surface area (Å²) in [6.07, 6.45) is 11.3. The van der Waals surface area contributed by atoms with Gasteiger partial charge in [0.05, 0.1) is 0 Å². The van der Waals surface area contributed by atoms with Crippen LogP contribution in [0.1, 0.15) is 50.5 Å². The van der Waals surface area contributed by atoms with Crippen LogP contribution in [0.5, 0.6) is 0 Å². The molecule has 0 spiro atoms. The van der Waals surface area contributed by atoms with Gasteiger partial charge in [0.1, 0.15) is 5.82 Å². The van der Waals surface area contributed by atoms with E-state index in [2.05, 4.69) is 32.2 Å². The van der Waals surface area contributed by atoms with Crippen LogP contribution in [0, 0.1) is 0 Å². The van der Waals surface area contributed by atoms with Crippen LogP contribution >= 0.6 is 15.9 Å². The van der Waals surface area contributed by atoms with E-state index in [0.717, 1.165) is 30.1 Å². The van der Waals surface area contributed by atoms with Gasteiger partial charge < -0.3 is 10.2 Å². The molecule has 2 heterocycles. The van der Waals surface area contributed by atoms with Gasteiger partial charge in [0.15, 0.2) is 0 Å². The lowest BCUT2D eigenvalue weighted by molar-refractivity contribution is 0.551. The molecule has 4 heteroatoms. The average molecular weight is 338 g/mol. The number of nitrogens with one attached hydrogen (secondary N) is 1. The van der Waals surface area contributed by atoms with E-state index in [1.165, 1.54) is 56.3 Å². The standard InChI is InChI=1S/C16H24BrN3/c17-14-10-13(11-18-15-6-7-15)16(19-12-14)20-8-4-2-1-3-5-9-20/h10,12,15,18H,1-9,11H2. The van der Waals surface area contributed by atoms with Gasteiger partial charge >= 0.3 is 0 Å². The van der Waals surface area contributed by atoms with Gasteiger partial charge in [-0.25, -0.2) is 4.98 Å². The van der Waals surface area contributed by atoms with E-state index in [0.29, 0.717) is 0 Å². The smallest absolute Gasteiger partial charge is 0.133 e. The monoisotopic (exact) mass is 337 g/mol. The van der Waals surface area contributed by atoms with E-state index in [1.807, 2.05) is 6.20 Å². The van der Waals surface area contributed by atoms with Gasteiger partial charge in [-0.3, -0.25) is 0 Å². The second-order valence-corrected chi connectivity index (χ2v) is 6.96. The first-order valence-electron chi connectivity index (χ1n) is 7.96. The molecule has 1 saturated carbocycles. The number of aromatic nitrogens is 1. The molecule has 2 fully saturated rings. The van der Waals surface area contributed by atoms with Crippen LogP contribution < -0.4 is 10.2 Å². The summed E-state index contributed by atoms with van der Waals surface area (Å²) in [5, 5.41) is 3.62. The number of hydrogen-bond acceptors (Lipinski definition) is 3. The molecule has 1 aliphatic carbocycles. The van der Waals surface area contributed by atoms with Crippen molar-refractivity contribution in [2.24, 2.45) is 0 Å². The van der Waals surface area contributed by atoms with Crippen molar-refractivity contribution in [3.05, 3.63) is 22.3 Å². The van der Waals surface area contributed by atoms with E-state index < -0.39 is 0 Å². The Labute approximate surface area is 130 Å². The van der Waals surface area contributed by atoms with Crippen molar-refractivity contribution in [3.63, 3.8) is 0 Å². The van der Waals surface area contributed by atoms with Crippen molar-refractivity contribution in [1.29, 1.82) is 0 Å². The number of nitrogens with zero attached hydrogens (tertiary/aromatic N) is 2. The third kappa shape index (κ3) is 3.95. The van der Waals surface area contributed by atoms with Gasteiger partial charge in [-0.2, -0.15) is 0 Å². The number of pyridine rings is 1. The second kappa shape index (κ2) is 6.90. The molecule has 3 rings (SSSR count). The Bertz CT molecular complexity index is 437. The molecule has 3 nitrogen and oxygen atoms in total. The molecule has 1 aromatic rings. The number of rotatable bonds is 4. The molecular formula is C16H24BrN3. The quantitative estimate of drug-likeness (QED) is 0.903. The molecule has 110 valence electrons. The zero-order valence-electron chi connectivity index (χ0n) is 12.1. The van der Waals surface area contributed by atoms with E-state index in [-0.39, 0.29) is 0 Å². The zero-order valence-corrected chi connectivity index (χ0v) is 13.7. The molecular weight excluding hydrogens is 314 g/mol. The van der Waals surface area contributed by atoms with Gasteiger partial charge in [-0.05, 0) is 47.7 Å². The molecule has 1 aliphatic heterocycles. The molecule has 1 N–H and O–H groups in total. The van der Waals surface area contributed by atoms with Gasteiger partial charge in [0.2, 0.25) is 0 Å². The topological polar surface area (TPSA) is 28.2 Å². The fourth-order valence-electron chi connectivity index (χ4n) is 2.89. The molecule has 2 aliphatic rings. The Morgan fingerprint density at radius 1 is 1.15 bits per heavy atom. The molecule has 0 unspecified atom stereocenters. The minimum atomic E-state index is 0.745. The van der Waals surface area contributed by atoms with E-state index >= 15 is 0 Å². The summed E-state index contributed by atoms with van der Waals surface area (Å²) in [5.74, 6) is 1.20. The third-order valence-electron chi connectivity index (χ3n) is 4.22. The number of anilines is 1. The van der Waals surface area contributed by atoms with Gasteiger partial charge in [0.25, 0.3) is 0 Å². The predicted molar refractivity (Wildman–Crippen MR) is 87.1 cm³/mol. The molecule has 20 heavy (non-hydrogen) atoms. The first-order valence-corrected chi connectivity index (χ1v) is 8.75. The predicted octanol–water partition coefficient (Wildman–Crippen LogP) is 3.87. The fraction of sp³-hybridized carbons (Fsp3) is 0.688. The van der Waals surface area contributed by atoms with Crippen LogP contribution in [0.25, 0.3) is 0 Å². The highest BCUT2D eigenvalue weighted by Crippen LogP contribution is 2.26. The van der Waals surface area contributed by atoms with E-state index in [9.17, 15) is 0 Å². The first kappa shape index (κ1) is 14.3. The van der Waals surface area contributed by atoms with Crippen molar-refractivity contribution >= 4 is 21.7 Å². The van der Waals surface area contributed by atoms with Crippen LogP contribution in [-0.4, -0.2) is 24.1 Å². The molecule has 1 aromatic heterocycles.